The lowest BCUT2D eigenvalue weighted by Gasteiger charge is -2.44. The molecule has 1 aliphatic rings. The van der Waals surface area contributed by atoms with Gasteiger partial charge in [0.15, 0.2) is 0 Å². The number of hydrogen-bond donors (Lipinski definition) is 1. The first-order chi connectivity index (χ1) is 9.20. The fourth-order valence-electron chi connectivity index (χ4n) is 2.77. The molecule has 4 nitrogen and oxygen atoms in total. The first kappa shape index (κ1) is 15.8. The predicted molar refractivity (Wildman–Crippen MR) is 84.1 cm³/mol. The van der Waals surface area contributed by atoms with Crippen molar-refractivity contribution in [3.8, 4) is 0 Å². The van der Waals surface area contributed by atoms with Crippen molar-refractivity contribution < 1.29 is 0 Å². The van der Waals surface area contributed by atoms with Crippen molar-refractivity contribution in [2.45, 2.75) is 53.2 Å². The van der Waals surface area contributed by atoms with Crippen LogP contribution in [0.3, 0.4) is 0 Å². The summed E-state index contributed by atoms with van der Waals surface area (Å²) in [7, 11) is 1.97. The molecule has 2 heterocycles. The molecule has 1 aromatic heterocycles. The zero-order valence-corrected chi connectivity index (χ0v) is 14.3. The maximum absolute atomic E-state index is 6.38. The predicted octanol–water partition coefficient (Wildman–Crippen LogP) is 2.59. The average molecular weight is 299 g/mol. The second-order valence-corrected chi connectivity index (χ2v) is 7.45. The number of halogens is 1. The molecule has 5 heteroatoms. The molecule has 0 aromatic carbocycles. The van der Waals surface area contributed by atoms with Gasteiger partial charge in [-0.15, -0.1) is 0 Å². The maximum Gasteiger partial charge on any atom is 0.0860 e. The highest BCUT2D eigenvalue weighted by Crippen LogP contribution is 2.26. The fraction of sp³-hybridized carbons (Fsp3) is 0.800. The number of aryl methyl sites for hydroxylation is 2. The quantitative estimate of drug-likeness (QED) is 0.911. The first-order valence-electron chi connectivity index (χ1n) is 7.35. The minimum absolute atomic E-state index is 0.268. The van der Waals surface area contributed by atoms with Crippen molar-refractivity contribution in [1.82, 2.24) is 20.0 Å². The molecule has 1 aliphatic heterocycles. The van der Waals surface area contributed by atoms with E-state index in [1.807, 2.05) is 18.7 Å². The van der Waals surface area contributed by atoms with Gasteiger partial charge in [-0.3, -0.25) is 9.58 Å². The van der Waals surface area contributed by atoms with E-state index >= 15 is 0 Å². The molecular formula is C15H27ClN4. The van der Waals surface area contributed by atoms with Gasteiger partial charge in [0.25, 0.3) is 0 Å². The van der Waals surface area contributed by atoms with Crippen LogP contribution >= 0.6 is 11.6 Å². The van der Waals surface area contributed by atoms with E-state index in [0.717, 1.165) is 36.0 Å². The highest BCUT2D eigenvalue weighted by Gasteiger charge is 2.33. The summed E-state index contributed by atoms with van der Waals surface area (Å²) in [6.07, 6.45) is 0. The highest BCUT2D eigenvalue weighted by molar-refractivity contribution is 6.31. The molecular weight excluding hydrogens is 272 g/mol. The standard InChI is InChI=1S/C15H27ClN4/c1-10-7-17-13(15(3,4)5)9-20(10)8-12-14(16)11(2)18-19(12)6/h10,13,17H,7-9H2,1-6H3. The lowest BCUT2D eigenvalue weighted by atomic mass is 9.85. The second-order valence-electron chi connectivity index (χ2n) is 7.08. The molecule has 114 valence electrons. The van der Waals surface area contributed by atoms with Crippen LogP contribution in [0.25, 0.3) is 0 Å². The van der Waals surface area contributed by atoms with Gasteiger partial charge in [-0.05, 0) is 19.3 Å². The largest absolute Gasteiger partial charge is 0.311 e. The van der Waals surface area contributed by atoms with Crippen molar-refractivity contribution in [2.24, 2.45) is 12.5 Å². The minimum Gasteiger partial charge on any atom is -0.311 e. The van der Waals surface area contributed by atoms with E-state index in [0.29, 0.717) is 12.1 Å². The third-order valence-corrected chi connectivity index (χ3v) is 4.85. The smallest absolute Gasteiger partial charge is 0.0860 e. The van der Waals surface area contributed by atoms with Crippen molar-refractivity contribution >= 4 is 11.6 Å². The third-order valence-electron chi connectivity index (χ3n) is 4.36. The second kappa shape index (κ2) is 5.66. The summed E-state index contributed by atoms with van der Waals surface area (Å²) in [5.41, 5.74) is 2.30. The molecule has 2 rings (SSSR count). The Kier molecular flexibility index (Phi) is 4.47. The SMILES string of the molecule is Cc1nn(C)c(CN2CC(C(C)(C)C)NCC2C)c1Cl. The van der Waals surface area contributed by atoms with Gasteiger partial charge in [0.05, 0.1) is 16.4 Å². The van der Waals surface area contributed by atoms with E-state index in [-0.39, 0.29) is 5.41 Å². The Morgan fingerprint density at radius 1 is 1.40 bits per heavy atom. The van der Waals surface area contributed by atoms with Crippen LogP contribution in [0.5, 0.6) is 0 Å². The maximum atomic E-state index is 6.38. The fourth-order valence-corrected chi connectivity index (χ4v) is 2.99. The highest BCUT2D eigenvalue weighted by atomic mass is 35.5. The molecule has 2 unspecified atom stereocenters. The molecule has 1 fully saturated rings. The molecule has 0 amide bonds. The van der Waals surface area contributed by atoms with E-state index < -0.39 is 0 Å². The van der Waals surface area contributed by atoms with Crippen LogP contribution in [0.15, 0.2) is 0 Å². The van der Waals surface area contributed by atoms with Crippen LogP contribution in [0.4, 0.5) is 0 Å². The molecule has 2 atom stereocenters. The Morgan fingerprint density at radius 3 is 2.55 bits per heavy atom. The Morgan fingerprint density at radius 2 is 2.05 bits per heavy atom. The van der Waals surface area contributed by atoms with Gasteiger partial charge in [0.1, 0.15) is 0 Å². The molecule has 0 spiro atoms. The van der Waals surface area contributed by atoms with E-state index in [1.165, 1.54) is 0 Å². The first-order valence-corrected chi connectivity index (χ1v) is 7.73. The van der Waals surface area contributed by atoms with Gasteiger partial charge in [-0.2, -0.15) is 5.10 Å². The zero-order valence-electron chi connectivity index (χ0n) is 13.5. The van der Waals surface area contributed by atoms with Crippen molar-refractivity contribution in [1.29, 1.82) is 0 Å². The van der Waals surface area contributed by atoms with Crippen LogP contribution in [0.1, 0.15) is 39.1 Å². The lowest BCUT2D eigenvalue weighted by molar-refractivity contribution is 0.0857. The topological polar surface area (TPSA) is 33.1 Å². The lowest BCUT2D eigenvalue weighted by Crippen LogP contribution is -2.59. The Balaban J connectivity index is 2.14. The van der Waals surface area contributed by atoms with Gasteiger partial charge in [-0.25, -0.2) is 0 Å². The summed E-state index contributed by atoms with van der Waals surface area (Å²) in [5.74, 6) is 0. The Bertz CT molecular complexity index is 475. The molecule has 20 heavy (non-hydrogen) atoms. The average Bonchev–Trinajstić information content (AvgIpc) is 2.57. The van der Waals surface area contributed by atoms with Crippen LogP contribution in [-0.4, -0.2) is 39.9 Å². The summed E-state index contributed by atoms with van der Waals surface area (Å²) in [6.45, 7) is 14.0. The van der Waals surface area contributed by atoms with Gasteiger partial charge >= 0.3 is 0 Å². The van der Waals surface area contributed by atoms with Crippen LogP contribution < -0.4 is 5.32 Å². The van der Waals surface area contributed by atoms with Crippen molar-refractivity contribution in [2.75, 3.05) is 13.1 Å². The Labute approximate surface area is 127 Å². The van der Waals surface area contributed by atoms with Gasteiger partial charge < -0.3 is 5.32 Å². The number of hydrogen-bond acceptors (Lipinski definition) is 3. The van der Waals surface area contributed by atoms with E-state index in [1.54, 1.807) is 0 Å². The molecule has 1 N–H and O–H groups in total. The van der Waals surface area contributed by atoms with E-state index in [9.17, 15) is 0 Å². The summed E-state index contributed by atoms with van der Waals surface area (Å²) in [6, 6.07) is 1.02. The number of nitrogens with one attached hydrogen (secondary N) is 1. The van der Waals surface area contributed by atoms with Crippen molar-refractivity contribution in [3.05, 3.63) is 16.4 Å². The van der Waals surface area contributed by atoms with Gasteiger partial charge in [0.2, 0.25) is 0 Å². The van der Waals surface area contributed by atoms with Crippen molar-refractivity contribution in [3.63, 3.8) is 0 Å². The minimum atomic E-state index is 0.268. The summed E-state index contributed by atoms with van der Waals surface area (Å²) < 4.78 is 1.92. The van der Waals surface area contributed by atoms with Gasteiger partial charge in [0, 0.05) is 38.8 Å². The molecule has 1 aromatic rings. The molecule has 1 saturated heterocycles. The summed E-state index contributed by atoms with van der Waals surface area (Å²) in [5, 5.41) is 8.88. The normalized spacial score (nSPS) is 25.1. The van der Waals surface area contributed by atoms with E-state index in [2.05, 4.69) is 43.0 Å². The van der Waals surface area contributed by atoms with Crippen LogP contribution in [0, 0.1) is 12.3 Å². The molecule has 0 saturated carbocycles. The molecule has 0 radical (unpaired) electrons. The monoisotopic (exact) mass is 298 g/mol. The summed E-state index contributed by atoms with van der Waals surface area (Å²) >= 11 is 6.38. The van der Waals surface area contributed by atoms with E-state index in [4.69, 9.17) is 11.6 Å². The number of nitrogens with zero attached hydrogens (tertiary/aromatic N) is 3. The van der Waals surface area contributed by atoms with Crippen LogP contribution in [0.2, 0.25) is 5.02 Å². The summed E-state index contributed by atoms with van der Waals surface area (Å²) in [4.78, 5) is 2.51. The number of rotatable bonds is 2. The van der Waals surface area contributed by atoms with Crippen LogP contribution in [-0.2, 0) is 13.6 Å². The molecule has 0 aliphatic carbocycles. The Hall–Kier alpha value is -0.580. The zero-order chi connectivity index (χ0) is 15.1. The number of piperazine rings is 1. The number of aromatic nitrogens is 2. The third kappa shape index (κ3) is 3.18. The van der Waals surface area contributed by atoms with Gasteiger partial charge in [-0.1, -0.05) is 32.4 Å². The molecule has 0 bridgehead atoms.